The average Bonchev–Trinajstić information content (AvgIpc) is 3.49. The molecule has 4 rings (SSSR count). The largest absolute Gasteiger partial charge is 0.467 e. The molecule has 146 valence electrons. The number of hydrazine groups is 1. The lowest BCUT2D eigenvalue weighted by Gasteiger charge is -2.06. The van der Waals surface area contributed by atoms with Crippen LogP contribution in [0.5, 0.6) is 0 Å². The Labute approximate surface area is 167 Å². The van der Waals surface area contributed by atoms with Gasteiger partial charge in [0.15, 0.2) is 16.5 Å². The van der Waals surface area contributed by atoms with E-state index in [0.29, 0.717) is 16.5 Å². The maximum atomic E-state index is 12.1. The summed E-state index contributed by atoms with van der Waals surface area (Å²) in [7, 11) is 0. The van der Waals surface area contributed by atoms with Crippen LogP contribution in [0.15, 0.2) is 63.6 Å². The highest BCUT2D eigenvalue weighted by Gasteiger charge is 2.18. The van der Waals surface area contributed by atoms with Crippen LogP contribution < -0.4 is 16.2 Å². The zero-order valence-electron chi connectivity index (χ0n) is 14.8. The molecule has 0 saturated heterocycles. The minimum absolute atomic E-state index is 0.0319. The van der Waals surface area contributed by atoms with Crippen molar-refractivity contribution in [2.24, 2.45) is 0 Å². The molecule has 0 bridgehead atoms. The molecule has 0 aliphatic rings. The number of carbonyl (C=O) groups excluding carboxylic acids is 3. The van der Waals surface area contributed by atoms with E-state index in [0.717, 1.165) is 10.2 Å². The van der Waals surface area contributed by atoms with Crippen molar-refractivity contribution in [3.05, 3.63) is 66.3 Å². The summed E-state index contributed by atoms with van der Waals surface area (Å²) in [5.41, 5.74) is 4.99. The molecule has 0 atom stereocenters. The van der Waals surface area contributed by atoms with Crippen LogP contribution >= 0.6 is 11.3 Å². The van der Waals surface area contributed by atoms with E-state index in [4.69, 9.17) is 8.83 Å². The predicted molar refractivity (Wildman–Crippen MR) is 103 cm³/mol. The second-order valence-corrected chi connectivity index (χ2v) is 6.85. The topological polar surface area (TPSA) is 126 Å². The third-order valence-corrected chi connectivity index (χ3v) is 4.88. The number of aromatic nitrogens is 1. The predicted octanol–water partition coefficient (Wildman–Crippen LogP) is 2.23. The Morgan fingerprint density at radius 1 is 0.966 bits per heavy atom. The normalized spacial score (nSPS) is 10.6. The summed E-state index contributed by atoms with van der Waals surface area (Å²) in [6.07, 6.45) is 1.45. The van der Waals surface area contributed by atoms with Gasteiger partial charge in [-0.15, -0.1) is 11.3 Å². The van der Waals surface area contributed by atoms with Crippen molar-refractivity contribution in [3.63, 3.8) is 0 Å². The number of nitrogens with one attached hydrogen (secondary N) is 3. The Balaban J connectivity index is 1.33. The summed E-state index contributed by atoms with van der Waals surface area (Å²) in [6.45, 7) is 0.0525. The molecule has 0 aliphatic heterocycles. The van der Waals surface area contributed by atoms with Crippen LogP contribution in [0.2, 0.25) is 0 Å². The highest BCUT2D eigenvalue weighted by molar-refractivity contribution is 7.21. The molecule has 0 saturated carbocycles. The van der Waals surface area contributed by atoms with E-state index in [2.05, 4.69) is 15.7 Å². The molecule has 4 aromatic rings. The highest BCUT2D eigenvalue weighted by atomic mass is 32.1. The van der Waals surface area contributed by atoms with Crippen molar-refractivity contribution in [1.29, 1.82) is 0 Å². The van der Waals surface area contributed by atoms with Crippen LogP contribution in [-0.4, -0.2) is 22.7 Å². The summed E-state index contributed by atoms with van der Waals surface area (Å²) in [4.78, 5) is 40.1. The maximum Gasteiger partial charge on any atom is 0.327 e. The van der Waals surface area contributed by atoms with Gasteiger partial charge in [-0.05, 0) is 36.4 Å². The second-order valence-electron chi connectivity index (χ2n) is 5.82. The summed E-state index contributed by atoms with van der Waals surface area (Å²) >= 11 is 1.43. The number of para-hydroxylation sites is 1. The van der Waals surface area contributed by atoms with Crippen molar-refractivity contribution in [1.82, 2.24) is 21.2 Å². The van der Waals surface area contributed by atoms with E-state index >= 15 is 0 Å². The monoisotopic (exact) mass is 410 g/mol. The number of nitrogens with zero attached hydrogens (tertiary/aromatic N) is 1. The first-order valence-corrected chi connectivity index (χ1v) is 9.28. The first kappa shape index (κ1) is 18.4. The quantitative estimate of drug-likeness (QED) is 0.350. The Morgan fingerprint density at radius 2 is 1.83 bits per heavy atom. The van der Waals surface area contributed by atoms with Crippen LogP contribution in [0, 0.1) is 0 Å². The summed E-state index contributed by atoms with van der Waals surface area (Å²) < 4.78 is 11.6. The van der Waals surface area contributed by atoms with Crippen molar-refractivity contribution < 1.29 is 23.2 Å². The lowest BCUT2D eigenvalue weighted by molar-refractivity contribution is -0.139. The van der Waals surface area contributed by atoms with E-state index < -0.39 is 17.7 Å². The van der Waals surface area contributed by atoms with Gasteiger partial charge < -0.3 is 14.2 Å². The average molecular weight is 410 g/mol. The molecule has 3 N–H and O–H groups in total. The molecule has 0 fully saturated rings. The second kappa shape index (κ2) is 7.98. The third-order valence-electron chi connectivity index (χ3n) is 3.83. The number of thiazole rings is 1. The lowest BCUT2D eigenvalue weighted by Crippen LogP contribution is -2.48. The van der Waals surface area contributed by atoms with Gasteiger partial charge in [-0.25, -0.2) is 4.98 Å². The highest BCUT2D eigenvalue weighted by Crippen LogP contribution is 2.30. The smallest absolute Gasteiger partial charge is 0.327 e. The first-order valence-electron chi connectivity index (χ1n) is 8.47. The minimum Gasteiger partial charge on any atom is -0.467 e. The van der Waals surface area contributed by atoms with Gasteiger partial charge in [0.1, 0.15) is 5.76 Å². The van der Waals surface area contributed by atoms with Crippen molar-refractivity contribution in [2.45, 2.75) is 6.54 Å². The van der Waals surface area contributed by atoms with Gasteiger partial charge in [0.25, 0.3) is 0 Å². The summed E-state index contributed by atoms with van der Waals surface area (Å²) in [5, 5.41) is 2.99. The molecule has 29 heavy (non-hydrogen) atoms. The maximum absolute atomic E-state index is 12.1. The molecule has 0 spiro atoms. The van der Waals surface area contributed by atoms with Gasteiger partial charge in [-0.2, -0.15) is 0 Å². The number of furan rings is 2. The Morgan fingerprint density at radius 3 is 2.62 bits per heavy atom. The molecule has 3 heterocycles. The van der Waals surface area contributed by atoms with Gasteiger partial charge in [0.05, 0.1) is 23.0 Å². The van der Waals surface area contributed by atoms with Crippen LogP contribution in [0.3, 0.4) is 0 Å². The van der Waals surface area contributed by atoms with Crippen LogP contribution in [-0.2, 0) is 16.1 Å². The van der Waals surface area contributed by atoms with Gasteiger partial charge in [0, 0.05) is 0 Å². The van der Waals surface area contributed by atoms with Crippen molar-refractivity contribution in [2.75, 3.05) is 0 Å². The molecule has 0 radical (unpaired) electrons. The lowest BCUT2D eigenvalue weighted by atomic mass is 10.3. The Hall–Kier alpha value is -3.92. The van der Waals surface area contributed by atoms with Gasteiger partial charge in [0.2, 0.25) is 0 Å². The van der Waals surface area contributed by atoms with Gasteiger partial charge >= 0.3 is 17.7 Å². The van der Waals surface area contributed by atoms with E-state index in [-0.39, 0.29) is 12.3 Å². The van der Waals surface area contributed by atoms with Crippen LogP contribution in [0.4, 0.5) is 0 Å². The molecular formula is C19H14N4O5S. The molecular weight excluding hydrogens is 396 g/mol. The Kier molecular flexibility index (Phi) is 5.08. The van der Waals surface area contributed by atoms with Crippen molar-refractivity contribution >= 4 is 39.3 Å². The summed E-state index contributed by atoms with van der Waals surface area (Å²) in [6, 6.07) is 14.0. The number of rotatable bonds is 4. The summed E-state index contributed by atoms with van der Waals surface area (Å²) in [5.74, 6) is -1.76. The number of benzene rings is 1. The molecule has 0 unspecified atom stereocenters. The van der Waals surface area contributed by atoms with E-state index in [1.807, 2.05) is 29.7 Å². The van der Waals surface area contributed by atoms with E-state index in [9.17, 15) is 14.4 Å². The number of hydrogen-bond donors (Lipinski definition) is 3. The van der Waals surface area contributed by atoms with Gasteiger partial charge in [-0.3, -0.25) is 25.2 Å². The Bertz CT molecular complexity index is 1150. The SMILES string of the molecule is O=C(NCc1ccco1)C(=O)NNC(=O)c1ccc(-c2nc3ccccc3s2)o1. The minimum atomic E-state index is -1.03. The van der Waals surface area contributed by atoms with Crippen LogP contribution in [0.1, 0.15) is 16.3 Å². The first-order chi connectivity index (χ1) is 14.1. The number of carbonyl (C=O) groups is 3. The van der Waals surface area contributed by atoms with Gasteiger partial charge in [-0.1, -0.05) is 12.1 Å². The number of hydrogen-bond acceptors (Lipinski definition) is 7. The fraction of sp³-hybridized carbons (Fsp3) is 0.0526. The molecule has 0 aliphatic carbocycles. The van der Waals surface area contributed by atoms with Crippen LogP contribution in [0.25, 0.3) is 21.0 Å². The standard InChI is InChI=1S/C19H14N4O5S/c24-16(22-23-18(26)17(25)20-10-11-4-3-9-27-11)13-7-8-14(28-13)19-21-12-5-1-2-6-15(12)29-19/h1-9H,10H2,(H,20,25)(H,22,24)(H,23,26). The van der Waals surface area contributed by atoms with Crippen molar-refractivity contribution in [3.8, 4) is 10.8 Å². The number of fused-ring (bicyclic) bond motifs is 1. The molecule has 9 nitrogen and oxygen atoms in total. The molecule has 1 aromatic carbocycles. The molecule has 3 amide bonds. The third kappa shape index (κ3) is 4.17. The molecule has 3 aromatic heterocycles. The van der Waals surface area contributed by atoms with E-state index in [1.165, 1.54) is 23.7 Å². The fourth-order valence-electron chi connectivity index (χ4n) is 2.45. The zero-order valence-corrected chi connectivity index (χ0v) is 15.6. The number of amides is 3. The van der Waals surface area contributed by atoms with E-state index in [1.54, 1.807) is 18.2 Å². The zero-order chi connectivity index (χ0) is 20.2. The fourth-order valence-corrected chi connectivity index (χ4v) is 3.37. The molecule has 10 heteroatoms.